The van der Waals surface area contributed by atoms with Crippen molar-refractivity contribution >= 4 is 27.9 Å². The van der Waals surface area contributed by atoms with Crippen LogP contribution in [0.5, 0.6) is 0 Å². The van der Waals surface area contributed by atoms with Gasteiger partial charge in [-0.15, -0.1) is 0 Å². The average Bonchev–Trinajstić information content (AvgIpc) is 2.16. The highest BCUT2D eigenvalue weighted by molar-refractivity contribution is 6.80. The summed E-state index contributed by atoms with van der Waals surface area (Å²) < 4.78 is 17.2. The van der Waals surface area contributed by atoms with Crippen LogP contribution >= 0.6 is 0 Å². The van der Waals surface area contributed by atoms with Gasteiger partial charge in [-0.05, 0) is 36.4 Å². The second-order valence-corrected chi connectivity index (χ2v) is 10.2. The first-order chi connectivity index (χ1) is 6.91. The zero-order valence-corrected chi connectivity index (χ0v) is 12.3. The van der Waals surface area contributed by atoms with E-state index in [2.05, 4.69) is 19.7 Å². The first-order valence-electron chi connectivity index (χ1n) is 4.54. The van der Waals surface area contributed by atoms with E-state index in [0.29, 0.717) is 0 Å². The van der Waals surface area contributed by atoms with Crippen LogP contribution in [0.15, 0.2) is 35.3 Å². The maximum atomic E-state index is 5.73. The summed E-state index contributed by atoms with van der Waals surface area (Å²) in [5.41, 5.74) is 0. The number of hydrogen-bond acceptors (Lipinski definition) is 3. The molecule has 1 rings (SSSR count). The average molecular weight is 255 g/mol. The van der Waals surface area contributed by atoms with E-state index in [0.717, 1.165) is 15.6 Å². The molecule has 15 heavy (non-hydrogen) atoms. The molecule has 0 aromatic rings. The Balaban J connectivity index is 2.77. The molecule has 1 fully saturated rings. The summed E-state index contributed by atoms with van der Waals surface area (Å²) in [7, 11) is -4.20. The van der Waals surface area contributed by atoms with Crippen molar-refractivity contribution in [2.45, 2.75) is 20.8 Å². The van der Waals surface area contributed by atoms with E-state index >= 15 is 0 Å². The Morgan fingerprint density at radius 2 is 0.867 bits per heavy atom. The number of rotatable bonds is 3. The van der Waals surface area contributed by atoms with Gasteiger partial charge < -0.3 is 12.3 Å². The highest BCUT2D eigenvalue weighted by atomic mass is 28.5. The maximum absolute atomic E-state index is 5.73. The first kappa shape index (κ1) is 12.8. The van der Waals surface area contributed by atoms with Gasteiger partial charge in [-0.3, -0.25) is 0 Å². The summed E-state index contributed by atoms with van der Waals surface area (Å²) in [6, 6.07) is 0. The Bertz CT molecular complexity index is 249. The van der Waals surface area contributed by atoms with E-state index < -0.39 is 27.9 Å². The zero-order valence-electron chi connectivity index (χ0n) is 9.35. The molecule has 0 saturated carbocycles. The summed E-state index contributed by atoms with van der Waals surface area (Å²) >= 11 is 0. The molecule has 1 aliphatic heterocycles. The van der Waals surface area contributed by atoms with E-state index in [9.17, 15) is 0 Å². The Labute approximate surface area is 96.6 Å². The predicted octanol–water partition coefficient (Wildman–Crippen LogP) is 1.86. The summed E-state index contributed by atoms with van der Waals surface area (Å²) in [5, 5.41) is 2.86. The van der Waals surface area contributed by atoms with Crippen LogP contribution in [0.3, 0.4) is 0 Å². The van der Waals surface area contributed by atoms with Crippen LogP contribution in [0.2, 0.25) is 0 Å². The third-order valence-corrected chi connectivity index (χ3v) is 8.14. The molecule has 0 N–H and O–H groups in total. The van der Waals surface area contributed by atoms with Crippen LogP contribution in [0, 0.1) is 0 Å². The lowest BCUT2D eigenvalue weighted by molar-refractivity contribution is 0.298. The molecule has 1 saturated heterocycles. The van der Waals surface area contributed by atoms with Crippen LogP contribution in [-0.4, -0.2) is 27.9 Å². The predicted molar refractivity (Wildman–Crippen MR) is 65.0 cm³/mol. The lowest BCUT2D eigenvalue weighted by Crippen LogP contribution is -2.50. The van der Waals surface area contributed by atoms with Crippen molar-refractivity contribution in [1.82, 2.24) is 0 Å². The molecule has 0 unspecified atom stereocenters. The molecule has 3 radical (unpaired) electrons. The molecule has 0 atom stereocenters. The third kappa shape index (κ3) is 3.37. The smallest absolute Gasteiger partial charge is 0.399 e. The van der Waals surface area contributed by atoms with Gasteiger partial charge in [0.15, 0.2) is 0 Å². The standard InChI is InChI=1S/C9H15O3Si3/c1-7(2)13-10-14(8(3)4)12-15(11-13)9(5)6/h1,3,5H2,2,4,6H3. The largest absolute Gasteiger partial charge is 0.407 e. The highest BCUT2D eigenvalue weighted by Crippen LogP contribution is 2.19. The Morgan fingerprint density at radius 3 is 1.00 bits per heavy atom. The van der Waals surface area contributed by atoms with Crippen molar-refractivity contribution in [3.8, 4) is 0 Å². The van der Waals surface area contributed by atoms with Crippen LogP contribution < -0.4 is 0 Å². The van der Waals surface area contributed by atoms with Gasteiger partial charge in [0, 0.05) is 0 Å². The van der Waals surface area contributed by atoms with E-state index in [1.165, 1.54) is 0 Å². The van der Waals surface area contributed by atoms with Crippen molar-refractivity contribution < 1.29 is 12.3 Å². The fourth-order valence-corrected chi connectivity index (χ4v) is 8.66. The normalized spacial score (nSPS) is 20.2. The lowest BCUT2D eigenvalue weighted by Gasteiger charge is -2.31. The van der Waals surface area contributed by atoms with Gasteiger partial charge in [-0.25, -0.2) is 0 Å². The van der Waals surface area contributed by atoms with Crippen molar-refractivity contribution in [2.75, 3.05) is 0 Å². The third-order valence-electron chi connectivity index (χ3n) is 1.60. The molecule has 0 aromatic heterocycles. The van der Waals surface area contributed by atoms with E-state index in [-0.39, 0.29) is 0 Å². The minimum absolute atomic E-state index is 0.954. The first-order valence-corrected chi connectivity index (χ1v) is 8.48. The number of hydrogen-bond donors (Lipinski definition) is 0. The molecule has 1 aliphatic rings. The molecule has 6 heteroatoms. The Hall–Kier alpha value is -0.249. The molecule has 0 spiro atoms. The molecule has 3 nitrogen and oxygen atoms in total. The topological polar surface area (TPSA) is 27.7 Å². The van der Waals surface area contributed by atoms with E-state index in [1.54, 1.807) is 0 Å². The second kappa shape index (κ2) is 5.19. The Kier molecular flexibility index (Phi) is 4.44. The molecule has 81 valence electrons. The number of allylic oxidation sites excluding steroid dienone is 3. The molecule has 0 amide bonds. The zero-order chi connectivity index (χ0) is 11.6. The molecule has 0 bridgehead atoms. The van der Waals surface area contributed by atoms with Crippen LogP contribution in [0.1, 0.15) is 20.8 Å². The fraction of sp³-hybridized carbons (Fsp3) is 0.333. The summed E-state index contributed by atoms with van der Waals surface area (Å²) in [4.78, 5) is 0. The van der Waals surface area contributed by atoms with Crippen molar-refractivity contribution in [3.63, 3.8) is 0 Å². The minimum Gasteiger partial charge on any atom is -0.407 e. The molecule has 0 aliphatic carbocycles. The van der Waals surface area contributed by atoms with Gasteiger partial charge in [0.05, 0.1) is 0 Å². The minimum atomic E-state index is -1.40. The summed E-state index contributed by atoms with van der Waals surface area (Å²) in [6.45, 7) is 17.4. The van der Waals surface area contributed by atoms with E-state index in [1.807, 2.05) is 20.8 Å². The second-order valence-electron chi connectivity index (χ2n) is 3.51. The molecular weight excluding hydrogens is 240 g/mol. The highest BCUT2D eigenvalue weighted by Gasteiger charge is 2.39. The van der Waals surface area contributed by atoms with Crippen molar-refractivity contribution in [2.24, 2.45) is 0 Å². The summed E-state index contributed by atoms with van der Waals surface area (Å²) in [5.74, 6) is 0. The van der Waals surface area contributed by atoms with Gasteiger partial charge in [0.2, 0.25) is 0 Å². The molecule has 0 aromatic carbocycles. The van der Waals surface area contributed by atoms with Gasteiger partial charge in [0.25, 0.3) is 0 Å². The SMILES string of the molecule is C=C(C)[Si]1O[Si](C(=C)C)O[Si](C(=C)C)O1. The van der Waals surface area contributed by atoms with Crippen LogP contribution in [-0.2, 0) is 12.3 Å². The van der Waals surface area contributed by atoms with Crippen LogP contribution in [0.4, 0.5) is 0 Å². The molecular formula is C9H15O3Si3. The fourth-order valence-electron chi connectivity index (χ4n) is 0.838. The quantitative estimate of drug-likeness (QED) is 0.721. The lowest BCUT2D eigenvalue weighted by atomic mass is 10.8. The molecule has 1 heterocycles. The van der Waals surface area contributed by atoms with Gasteiger partial charge in [0.1, 0.15) is 0 Å². The summed E-state index contributed by atoms with van der Waals surface area (Å²) in [6.07, 6.45) is 0. The Morgan fingerprint density at radius 1 is 0.667 bits per heavy atom. The van der Waals surface area contributed by atoms with Gasteiger partial charge >= 0.3 is 27.9 Å². The van der Waals surface area contributed by atoms with Gasteiger partial charge in [-0.2, -0.15) is 0 Å². The van der Waals surface area contributed by atoms with Gasteiger partial charge in [-0.1, -0.05) is 19.7 Å². The van der Waals surface area contributed by atoms with E-state index in [4.69, 9.17) is 12.3 Å². The monoisotopic (exact) mass is 255 g/mol. The van der Waals surface area contributed by atoms with Crippen LogP contribution in [0.25, 0.3) is 0 Å². The van der Waals surface area contributed by atoms with Crippen molar-refractivity contribution in [1.29, 1.82) is 0 Å². The van der Waals surface area contributed by atoms with Crippen molar-refractivity contribution in [3.05, 3.63) is 35.3 Å². The maximum Gasteiger partial charge on any atom is 0.399 e.